The molecule has 31 heavy (non-hydrogen) atoms. The normalized spacial score (nSPS) is 10.6. The highest BCUT2D eigenvalue weighted by Crippen LogP contribution is 2.34. The molecule has 0 saturated heterocycles. The molecule has 0 fully saturated rings. The van der Waals surface area contributed by atoms with Crippen LogP contribution in [0.3, 0.4) is 0 Å². The number of nitro groups is 1. The van der Waals surface area contributed by atoms with Crippen molar-refractivity contribution in [3.63, 3.8) is 0 Å². The van der Waals surface area contributed by atoms with Gasteiger partial charge in [-0.3, -0.25) is 10.1 Å². The summed E-state index contributed by atoms with van der Waals surface area (Å²) in [5, 5.41) is 20.5. The SMILES string of the molecule is Cc1cc(Oc2ncnc(NCc3ccc(-c4csnn4)cc3)c2[N+](=O)[O-])ccc1F. The lowest BCUT2D eigenvalue weighted by Crippen LogP contribution is -2.07. The van der Waals surface area contributed by atoms with Gasteiger partial charge in [0.05, 0.1) is 4.92 Å². The fourth-order valence-corrected chi connectivity index (χ4v) is 3.26. The zero-order valence-corrected chi connectivity index (χ0v) is 17.0. The number of aryl methyl sites for hydroxylation is 1. The number of benzene rings is 2. The summed E-state index contributed by atoms with van der Waals surface area (Å²) in [6.45, 7) is 1.86. The van der Waals surface area contributed by atoms with Gasteiger partial charge in [-0.15, -0.1) is 5.10 Å². The van der Waals surface area contributed by atoms with Gasteiger partial charge < -0.3 is 10.1 Å². The van der Waals surface area contributed by atoms with Crippen molar-refractivity contribution in [1.82, 2.24) is 19.6 Å². The number of hydrogen-bond acceptors (Lipinski definition) is 9. The molecule has 0 aliphatic heterocycles. The topological polar surface area (TPSA) is 116 Å². The zero-order valence-electron chi connectivity index (χ0n) is 16.2. The molecule has 0 amide bonds. The Hall–Kier alpha value is -3.99. The van der Waals surface area contributed by atoms with Crippen molar-refractivity contribution < 1.29 is 14.1 Å². The Kier molecular flexibility index (Phi) is 5.76. The molecule has 0 unspecified atom stereocenters. The summed E-state index contributed by atoms with van der Waals surface area (Å²) in [5.41, 5.74) is 2.54. The molecular formula is C20H15FN6O3S. The van der Waals surface area contributed by atoms with Gasteiger partial charge in [-0.25, -0.2) is 9.37 Å². The van der Waals surface area contributed by atoms with Crippen molar-refractivity contribution >= 4 is 23.0 Å². The lowest BCUT2D eigenvalue weighted by Gasteiger charge is -2.10. The Labute approximate surface area is 179 Å². The smallest absolute Gasteiger partial charge is 0.373 e. The molecule has 0 saturated carbocycles. The Morgan fingerprint density at radius 1 is 1.19 bits per heavy atom. The second-order valence-corrected chi connectivity index (χ2v) is 7.10. The van der Waals surface area contributed by atoms with Crippen molar-refractivity contribution in [2.24, 2.45) is 0 Å². The minimum atomic E-state index is -0.619. The van der Waals surface area contributed by atoms with E-state index in [1.54, 1.807) is 6.92 Å². The molecule has 2 heterocycles. The van der Waals surface area contributed by atoms with E-state index >= 15 is 0 Å². The van der Waals surface area contributed by atoms with E-state index < -0.39 is 16.4 Å². The number of anilines is 1. The maximum Gasteiger partial charge on any atom is 0.373 e. The molecule has 2 aromatic heterocycles. The minimum Gasteiger partial charge on any atom is -0.434 e. The summed E-state index contributed by atoms with van der Waals surface area (Å²) in [6.07, 6.45) is 1.17. The summed E-state index contributed by atoms with van der Waals surface area (Å²) < 4.78 is 22.9. The highest BCUT2D eigenvalue weighted by molar-refractivity contribution is 7.03. The lowest BCUT2D eigenvalue weighted by atomic mass is 10.1. The van der Waals surface area contributed by atoms with Crippen LogP contribution in [0.1, 0.15) is 11.1 Å². The van der Waals surface area contributed by atoms with E-state index in [1.807, 2.05) is 29.6 Å². The van der Waals surface area contributed by atoms with Gasteiger partial charge in [0.25, 0.3) is 0 Å². The number of rotatable bonds is 7. The van der Waals surface area contributed by atoms with Crippen LogP contribution in [0.4, 0.5) is 15.9 Å². The van der Waals surface area contributed by atoms with E-state index in [2.05, 4.69) is 24.9 Å². The number of nitrogens with one attached hydrogen (secondary N) is 1. The van der Waals surface area contributed by atoms with Crippen LogP contribution in [0.2, 0.25) is 0 Å². The summed E-state index contributed by atoms with van der Waals surface area (Å²) in [7, 11) is 0. The first-order chi connectivity index (χ1) is 15.0. The van der Waals surface area contributed by atoms with Gasteiger partial charge in [-0.05, 0) is 47.8 Å². The third kappa shape index (κ3) is 4.61. The molecule has 2 aromatic carbocycles. The molecule has 156 valence electrons. The molecule has 0 spiro atoms. The van der Waals surface area contributed by atoms with Crippen molar-refractivity contribution in [3.05, 3.63) is 81.2 Å². The predicted octanol–water partition coefficient (Wildman–Crippen LogP) is 4.76. The van der Waals surface area contributed by atoms with Crippen LogP contribution in [0.5, 0.6) is 11.6 Å². The number of hydrogen-bond donors (Lipinski definition) is 1. The van der Waals surface area contributed by atoms with Gasteiger partial charge in [0.1, 0.15) is 23.6 Å². The number of nitrogens with zero attached hydrogens (tertiary/aromatic N) is 5. The second-order valence-electron chi connectivity index (χ2n) is 6.49. The first kappa shape index (κ1) is 20.3. The predicted molar refractivity (Wildman–Crippen MR) is 113 cm³/mol. The van der Waals surface area contributed by atoms with Crippen LogP contribution in [0, 0.1) is 22.9 Å². The summed E-state index contributed by atoms with van der Waals surface area (Å²) in [4.78, 5) is 18.9. The zero-order chi connectivity index (χ0) is 21.8. The van der Waals surface area contributed by atoms with Crippen LogP contribution in [0.25, 0.3) is 11.3 Å². The maximum atomic E-state index is 13.5. The van der Waals surface area contributed by atoms with E-state index in [-0.39, 0.29) is 17.4 Å². The third-order valence-corrected chi connectivity index (χ3v) is 4.89. The second kappa shape index (κ2) is 8.79. The van der Waals surface area contributed by atoms with Gasteiger partial charge in [-0.1, -0.05) is 28.8 Å². The first-order valence-corrected chi connectivity index (χ1v) is 9.88. The highest BCUT2D eigenvalue weighted by Gasteiger charge is 2.25. The van der Waals surface area contributed by atoms with E-state index in [1.165, 1.54) is 36.1 Å². The number of ether oxygens (including phenoxy) is 1. The average molecular weight is 438 g/mol. The summed E-state index contributed by atoms with van der Waals surface area (Å²) in [5.74, 6) is -0.385. The summed E-state index contributed by atoms with van der Waals surface area (Å²) in [6, 6.07) is 11.6. The number of aromatic nitrogens is 4. The van der Waals surface area contributed by atoms with Gasteiger partial charge in [0.15, 0.2) is 0 Å². The van der Waals surface area contributed by atoms with Gasteiger partial charge >= 0.3 is 11.6 Å². The molecule has 1 N–H and O–H groups in total. The molecule has 4 aromatic rings. The van der Waals surface area contributed by atoms with E-state index in [0.717, 1.165) is 16.8 Å². The third-order valence-electron chi connectivity index (χ3n) is 4.38. The standard InChI is InChI=1S/C20H15FN6O3S/c1-12-8-15(6-7-16(12)21)30-20-18(27(28)29)19(23-11-24-20)22-9-13-2-4-14(5-3-13)17-10-31-26-25-17/h2-8,10-11H,9H2,1H3,(H,22,23,24). The van der Waals surface area contributed by atoms with Crippen molar-refractivity contribution in [2.45, 2.75) is 13.5 Å². The Balaban J connectivity index is 1.53. The molecular weight excluding hydrogens is 423 g/mol. The Morgan fingerprint density at radius 2 is 2.00 bits per heavy atom. The Bertz CT molecular complexity index is 1220. The molecule has 0 aliphatic rings. The fourth-order valence-electron chi connectivity index (χ4n) is 2.79. The molecule has 0 atom stereocenters. The largest absolute Gasteiger partial charge is 0.434 e. The molecule has 11 heteroatoms. The molecule has 4 rings (SSSR count). The van der Waals surface area contributed by atoms with Gasteiger partial charge in [-0.2, -0.15) is 4.98 Å². The van der Waals surface area contributed by atoms with Crippen LogP contribution < -0.4 is 10.1 Å². The van der Waals surface area contributed by atoms with Crippen LogP contribution in [0.15, 0.2) is 54.2 Å². The van der Waals surface area contributed by atoms with Crippen molar-refractivity contribution in [1.29, 1.82) is 0 Å². The number of halogens is 1. The minimum absolute atomic E-state index is 0.0154. The van der Waals surface area contributed by atoms with E-state index in [9.17, 15) is 14.5 Å². The first-order valence-electron chi connectivity index (χ1n) is 9.05. The van der Waals surface area contributed by atoms with E-state index in [0.29, 0.717) is 12.1 Å². The molecule has 0 aliphatic carbocycles. The lowest BCUT2D eigenvalue weighted by molar-refractivity contribution is -0.385. The average Bonchev–Trinajstić information content (AvgIpc) is 3.30. The van der Waals surface area contributed by atoms with Gasteiger partial charge in [0.2, 0.25) is 5.82 Å². The van der Waals surface area contributed by atoms with Crippen LogP contribution in [-0.4, -0.2) is 24.5 Å². The molecule has 0 radical (unpaired) electrons. The maximum absolute atomic E-state index is 13.5. The van der Waals surface area contributed by atoms with Crippen molar-refractivity contribution in [3.8, 4) is 22.9 Å². The summed E-state index contributed by atoms with van der Waals surface area (Å²) >= 11 is 1.27. The molecule has 0 bridgehead atoms. The van der Waals surface area contributed by atoms with Crippen molar-refractivity contribution in [2.75, 3.05) is 5.32 Å². The van der Waals surface area contributed by atoms with E-state index in [4.69, 9.17) is 4.74 Å². The van der Waals surface area contributed by atoms with Crippen LogP contribution in [-0.2, 0) is 6.54 Å². The monoisotopic (exact) mass is 438 g/mol. The fraction of sp³-hybridized carbons (Fsp3) is 0.100. The Morgan fingerprint density at radius 3 is 2.68 bits per heavy atom. The molecule has 9 nitrogen and oxygen atoms in total. The quantitative estimate of drug-likeness (QED) is 0.324. The van der Waals surface area contributed by atoms with Crippen LogP contribution >= 0.6 is 11.5 Å². The highest BCUT2D eigenvalue weighted by atomic mass is 32.1. The van der Waals surface area contributed by atoms with Gasteiger partial charge in [0, 0.05) is 17.5 Å².